The summed E-state index contributed by atoms with van der Waals surface area (Å²) in [6, 6.07) is 8.12. The molecule has 1 N–H and O–H groups in total. The fourth-order valence-electron chi connectivity index (χ4n) is 3.28. The van der Waals surface area contributed by atoms with Crippen LogP contribution >= 0.6 is 0 Å². The fourth-order valence-corrected chi connectivity index (χ4v) is 3.28. The summed E-state index contributed by atoms with van der Waals surface area (Å²) >= 11 is 0. The second kappa shape index (κ2) is 9.25. The van der Waals surface area contributed by atoms with Crippen LogP contribution in [0.2, 0.25) is 0 Å². The van der Waals surface area contributed by atoms with Crippen molar-refractivity contribution in [2.75, 3.05) is 44.7 Å². The minimum atomic E-state index is 0.0478. The van der Waals surface area contributed by atoms with E-state index in [1.165, 1.54) is 5.56 Å². The average molecular weight is 384 g/mol. The van der Waals surface area contributed by atoms with E-state index in [0.717, 1.165) is 36.9 Å². The van der Waals surface area contributed by atoms with Crippen molar-refractivity contribution in [3.63, 3.8) is 0 Å². The van der Waals surface area contributed by atoms with Gasteiger partial charge in [-0.1, -0.05) is 12.1 Å². The minimum absolute atomic E-state index is 0.0478. The predicted molar refractivity (Wildman–Crippen MR) is 110 cm³/mol. The van der Waals surface area contributed by atoms with Gasteiger partial charge in [-0.15, -0.1) is 0 Å². The van der Waals surface area contributed by atoms with Crippen molar-refractivity contribution in [2.45, 2.75) is 13.3 Å². The number of aryl methyl sites for hydroxylation is 1. The molecule has 8 nitrogen and oxygen atoms in total. The number of anilines is 1. The fraction of sp³-hybridized carbons (Fsp3) is 0.450. The van der Waals surface area contributed by atoms with Gasteiger partial charge < -0.3 is 19.9 Å². The van der Waals surface area contributed by atoms with Crippen molar-refractivity contribution < 1.29 is 9.53 Å². The van der Waals surface area contributed by atoms with Crippen LogP contribution in [-0.4, -0.2) is 66.4 Å². The quantitative estimate of drug-likeness (QED) is 0.600. The van der Waals surface area contributed by atoms with Gasteiger partial charge in [-0.3, -0.25) is 14.5 Å². The molecule has 0 saturated carbocycles. The normalized spacial score (nSPS) is 15.1. The molecule has 1 saturated heterocycles. The van der Waals surface area contributed by atoms with Crippen molar-refractivity contribution in [2.24, 2.45) is 12.0 Å². The molecule has 0 radical (unpaired) electrons. The number of aliphatic imine (C=N–C) groups is 1. The van der Waals surface area contributed by atoms with Gasteiger partial charge in [0.15, 0.2) is 5.96 Å². The first-order chi connectivity index (χ1) is 13.6. The highest BCUT2D eigenvalue weighted by atomic mass is 16.5. The Kier molecular flexibility index (Phi) is 6.52. The van der Waals surface area contributed by atoms with Crippen molar-refractivity contribution >= 4 is 17.6 Å². The summed E-state index contributed by atoms with van der Waals surface area (Å²) in [5, 5.41) is 7.51. The molecule has 150 valence electrons. The third-order valence-corrected chi connectivity index (χ3v) is 4.64. The van der Waals surface area contributed by atoms with Gasteiger partial charge in [-0.05, 0) is 31.0 Å². The van der Waals surface area contributed by atoms with Crippen LogP contribution in [0, 0.1) is 0 Å². The zero-order chi connectivity index (χ0) is 19.9. The molecule has 2 heterocycles. The Labute approximate surface area is 165 Å². The number of piperazine rings is 1. The third kappa shape index (κ3) is 4.82. The molecule has 8 heteroatoms. The summed E-state index contributed by atoms with van der Waals surface area (Å²) in [5.41, 5.74) is 2.04. The number of carbonyl (C=O) groups is 1. The first-order valence-electron chi connectivity index (χ1n) is 9.57. The van der Waals surface area contributed by atoms with E-state index < -0.39 is 0 Å². The zero-order valence-electron chi connectivity index (χ0n) is 16.8. The second-order valence-corrected chi connectivity index (χ2v) is 6.64. The number of hydrogen-bond donors (Lipinski definition) is 1. The van der Waals surface area contributed by atoms with Gasteiger partial charge in [0.2, 0.25) is 5.91 Å². The van der Waals surface area contributed by atoms with Crippen LogP contribution in [-0.2, 0) is 18.3 Å². The van der Waals surface area contributed by atoms with E-state index in [4.69, 9.17) is 4.74 Å². The molecule has 1 aliphatic rings. The first kappa shape index (κ1) is 19.7. The van der Waals surface area contributed by atoms with Crippen molar-refractivity contribution in [1.29, 1.82) is 0 Å². The van der Waals surface area contributed by atoms with Crippen LogP contribution in [0.15, 0.2) is 41.7 Å². The van der Waals surface area contributed by atoms with Gasteiger partial charge in [0, 0.05) is 39.9 Å². The standard InChI is InChI=1S/C20H28N6O2/c1-4-28-18-7-5-6-16(12-18)8-9-22-20(21-2)25-10-11-26(19(27)15-25)17-13-23-24(3)14-17/h5-7,12-14H,4,8-11,15H2,1-3H3,(H,21,22). The van der Waals surface area contributed by atoms with Gasteiger partial charge >= 0.3 is 0 Å². The predicted octanol–water partition coefficient (Wildman–Crippen LogP) is 1.29. The number of guanidine groups is 1. The van der Waals surface area contributed by atoms with Gasteiger partial charge in [0.25, 0.3) is 0 Å². The largest absolute Gasteiger partial charge is 0.494 e. The Hall–Kier alpha value is -3.03. The highest BCUT2D eigenvalue weighted by Gasteiger charge is 2.27. The molecule has 0 atom stereocenters. The summed E-state index contributed by atoms with van der Waals surface area (Å²) in [5.74, 6) is 1.69. The van der Waals surface area contributed by atoms with Gasteiger partial charge in [0.05, 0.1) is 18.5 Å². The summed E-state index contributed by atoms with van der Waals surface area (Å²) in [6.07, 6.45) is 4.43. The summed E-state index contributed by atoms with van der Waals surface area (Å²) in [4.78, 5) is 20.7. The summed E-state index contributed by atoms with van der Waals surface area (Å²) in [6.45, 7) is 5.01. The first-order valence-corrected chi connectivity index (χ1v) is 9.57. The second-order valence-electron chi connectivity index (χ2n) is 6.64. The smallest absolute Gasteiger partial charge is 0.246 e. The van der Waals surface area contributed by atoms with Crippen LogP contribution < -0.4 is 15.0 Å². The number of rotatable bonds is 6. The van der Waals surface area contributed by atoms with Gasteiger partial charge in [-0.2, -0.15) is 5.10 Å². The number of nitrogens with one attached hydrogen (secondary N) is 1. The topological polar surface area (TPSA) is 75.0 Å². The monoisotopic (exact) mass is 384 g/mol. The van der Waals surface area contributed by atoms with Crippen molar-refractivity contribution in [3.8, 4) is 5.75 Å². The van der Waals surface area contributed by atoms with Crippen molar-refractivity contribution in [1.82, 2.24) is 20.0 Å². The lowest BCUT2D eigenvalue weighted by Crippen LogP contribution is -2.55. The molecule has 1 aromatic carbocycles. The number of ether oxygens (including phenoxy) is 1. The Balaban J connectivity index is 1.52. The molecular weight excluding hydrogens is 356 g/mol. The van der Waals surface area contributed by atoms with E-state index in [9.17, 15) is 4.79 Å². The molecule has 3 rings (SSSR count). The Morgan fingerprint density at radius 3 is 2.89 bits per heavy atom. The third-order valence-electron chi connectivity index (χ3n) is 4.64. The number of amides is 1. The maximum atomic E-state index is 12.6. The zero-order valence-corrected chi connectivity index (χ0v) is 16.8. The molecule has 0 spiro atoms. The molecule has 2 aromatic rings. The van der Waals surface area contributed by atoms with Gasteiger partial charge in [-0.25, -0.2) is 0 Å². The molecule has 1 aliphatic heterocycles. The van der Waals surface area contributed by atoms with E-state index >= 15 is 0 Å². The molecular formula is C20H28N6O2. The molecule has 0 aliphatic carbocycles. The van der Waals surface area contributed by atoms with Gasteiger partial charge in [0.1, 0.15) is 12.3 Å². The number of nitrogens with zero attached hydrogens (tertiary/aromatic N) is 5. The average Bonchev–Trinajstić information content (AvgIpc) is 3.12. The van der Waals surface area contributed by atoms with E-state index in [1.807, 2.05) is 37.2 Å². The molecule has 1 amide bonds. The number of carbonyl (C=O) groups excluding carboxylic acids is 1. The molecule has 1 fully saturated rings. The van der Waals surface area contributed by atoms with Crippen molar-refractivity contribution in [3.05, 3.63) is 42.2 Å². The summed E-state index contributed by atoms with van der Waals surface area (Å²) in [7, 11) is 3.59. The van der Waals surface area contributed by atoms with Crippen LogP contribution in [0.5, 0.6) is 5.75 Å². The van der Waals surface area contributed by atoms with Crippen LogP contribution in [0.4, 0.5) is 5.69 Å². The van der Waals surface area contributed by atoms with Crippen LogP contribution in [0.3, 0.4) is 0 Å². The number of aromatic nitrogens is 2. The molecule has 1 aromatic heterocycles. The molecule has 0 unspecified atom stereocenters. The van der Waals surface area contributed by atoms with E-state index in [-0.39, 0.29) is 5.91 Å². The Bertz CT molecular complexity index is 832. The highest BCUT2D eigenvalue weighted by molar-refractivity contribution is 5.98. The maximum absolute atomic E-state index is 12.6. The number of hydrogen-bond acceptors (Lipinski definition) is 4. The minimum Gasteiger partial charge on any atom is -0.494 e. The lowest BCUT2D eigenvalue weighted by molar-refractivity contribution is -0.120. The lowest BCUT2D eigenvalue weighted by atomic mass is 10.1. The Morgan fingerprint density at radius 2 is 2.21 bits per heavy atom. The highest BCUT2D eigenvalue weighted by Crippen LogP contribution is 2.16. The van der Waals surface area contributed by atoms with Crippen LogP contribution in [0.1, 0.15) is 12.5 Å². The number of benzene rings is 1. The van der Waals surface area contributed by atoms with E-state index in [1.54, 1.807) is 22.8 Å². The lowest BCUT2D eigenvalue weighted by Gasteiger charge is -2.35. The molecule has 0 bridgehead atoms. The van der Waals surface area contributed by atoms with E-state index in [2.05, 4.69) is 27.5 Å². The SMILES string of the molecule is CCOc1cccc(CCNC(=NC)N2CCN(c3cnn(C)c3)C(=O)C2)c1. The van der Waals surface area contributed by atoms with E-state index in [0.29, 0.717) is 19.7 Å². The molecule has 28 heavy (non-hydrogen) atoms. The summed E-state index contributed by atoms with van der Waals surface area (Å²) < 4.78 is 7.25. The van der Waals surface area contributed by atoms with Crippen LogP contribution in [0.25, 0.3) is 0 Å². The maximum Gasteiger partial charge on any atom is 0.246 e. The Morgan fingerprint density at radius 1 is 1.36 bits per heavy atom.